The van der Waals surface area contributed by atoms with Gasteiger partial charge in [0.05, 0.1) is 0 Å². The fourth-order valence-corrected chi connectivity index (χ4v) is 2.58. The molecule has 0 saturated carbocycles. The lowest BCUT2D eigenvalue weighted by Gasteiger charge is -2.13. The van der Waals surface area contributed by atoms with Crippen molar-refractivity contribution in [2.24, 2.45) is 0 Å². The van der Waals surface area contributed by atoms with Crippen molar-refractivity contribution in [2.45, 2.75) is 31.6 Å². The summed E-state index contributed by atoms with van der Waals surface area (Å²) in [6.07, 6.45) is 2.88. The molecule has 0 N–H and O–H groups in total. The van der Waals surface area contributed by atoms with E-state index >= 15 is 0 Å². The third-order valence-corrected chi connectivity index (χ3v) is 3.82. The van der Waals surface area contributed by atoms with Gasteiger partial charge in [0.2, 0.25) is 0 Å². The average Bonchev–Trinajstić information content (AvgIpc) is 2.76. The number of likely N-dealkylation sites (tertiary alicyclic amines) is 1. The van der Waals surface area contributed by atoms with E-state index in [-0.39, 0.29) is 0 Å². The summed E-state index contributed by atoms with van der Waals surface area (Å²) < 4.78 is 0. The molecule has 0 bridgehead atoms. The van der Waals surface area contributed by atoms with E-state index in [0.717, 1.165) is 6.29 Å². The van der Waals surface area contributed by atoms with Crippen LogP contribution in [0.15, 0.2) is 24.3 Å². The van der Waals surface area contributed by atoms with Crippen LogP contribution in [0.1, 0.15) is 42.7 Å². The maximum absolute atomic E-state index is 10.5. The summed E-state index contributed by atoms with van der Waals surface area (Å²) in [5.74, 6) is 1.03. The Morgan fingerprint density at radius 3 is 2.65 bits per heavy atom. The summed E-state index contributed by atoms with van der Waals surface area (Å²) >= 11 is 0. The first-order chi connectivity index (χ1) is 8.20. The molecule has 1 aromatic carbocycles. The zero-order valence-electron chi connectivity index (χ0n) is 10.7. The number of nitrogens with zero attached hydrogens (tertiary/aromatic N) is 1. The summed E-state index contributed by atoms with van der Waals surface area (Å²) in [5.41, 5.74) is 2.71. The molecule has 1 aromatic rings. The van der Waals surface area contributed by atoms with Crippen molar-refractivity contribution in [1.29, 1.82) is 0 Å². The van der Waals surface area contributed by atoms with E-state index in [4.69, 9.17) is 0 Å². The van der Waals surface area contributed by atoms with Gasteiger partial charge in [-0.2, -0.15) is 0 Å². The molecule has 0 amide bonds. The highest BCUT2D eigenvalue weighted by Crippen LogP contribution is 2.27. The van der Waals surface area contributed by atoms with Gasteiger partial charge in [0.25, 0.3) is 0 Å². The Bertz CT molecular complexity index is 371. The first kappa shape index (κ1) is 12.3. The predicted molar refractivity (Wildman–Crippen MR) is 70.4 cm³/mol. The van der Waals surface area contributed by atoms with Gasteiger partial charge >= 0.3 is 0 Å². The Balaban J connectivity index is 2.05. The summed E-state index contributed by atoms with van der Waals surface area (Å²) in [5, 5.41) is 0. The number of carbonyl (C=O) groups excluding carboxylic acids is 1. The van der Waals surface area contributed by atoms with Crippen molar-refractivity contribution in [3.8, 4) is 0 Å². The molecular weight excluding hydrogens is 210 g/mol. The highest BCUT2D eigenvalue weighted by molar-refractivity contribution is 5.51. The monoisotopic (exact) mass is 231 g/mol. The molecule has 1 aliphatic heterocycles. The first-order valence-corrected chi connectivity index (χ1v) is 6.42. The van der Waals surface area contributed by atoms with Gasteiger partial charge in [-0.15, -0.1) is 0 Å². The zero-order chi connectivity index (χ0) is 12.3. The number of likely N-dealkylation sites (N-methyl/N-ethyl adjacent to an activating group) is 1. The van der Waals surface area contributed by atoms with Crippen LogP contribution in [0, 0.1) is 0 Å². The number of aldehydes is 1. The van der Waals surface area contributed by atoms with Gasteiger partial charge in [-0.3, -0.25) is 0 Å². The quantitative estimate of drug-likeness (QED) is 0.743. The topological polar surface area (TPSA) is 20.3 Å². The van der Waals surface area contributed by atoms with Crippen LogP contribution < -0.4 is 0 Å². The van der Waals surface area contributed by atoms with Crippen LogP contribution in [0.3, 0.4) is 0 Å². The lowest BCUT2D eigenvalue weighted by molar-refractivity contribution is -0.108. The summed E-state index contributed by atoms with van der Waals surface area (Å²) in [7, 11) is 2.18. The minimum atomic E-state index is 0.341. The van der Waals surface area contributed by atoms with Gasteiger partial charge in [-0.05, 0) is 43.0 Å². The molecule has 0 radical (unpaired) electrons. The summed E-state index contributed by atoms with van der Waals surface area (Å²) in [6.45, 7) is 4.48. The molecule has 17 heavy (non-hydrogen) atoms. The van der Waals surface area contributed by atoms with Gasteiger partial charge in [0.15, 0.2) is 0 Å². The molecule has 0 spiro atoms. The Labute approximate surface area is 104 Å². The minimum Gasteiger partial charge on any atom is -0.306 e. The van der Waals surface area contributed by atoms with Crippen molar-refractivity contribution >= 4 is 6.29 Å². The van der Waals surface area contributed by atoms with Gasteiger partial charge in [-0.1, -0.05) is 31.2 Å². The third-order valence-electron chi connectivity index (χ3n) is 3.82. The molecule has 2 nitrogen and oxygen atoms in total. The van der Waals surface area contributed by atoms with Crippen molar-refractivity contribution in [2.75, 3.05) is 20.1 Å². The largest absolute Gasteiger partial charge is 0.306 e. The van der Waals surface area contributed by atoms with E-state index in [1.165, 1.54) is 30.6 Å². The van der Waals surface area contributed by atoms with Crippen LogP contribution in [0.25, 0.3) is 0 Å². The number of rotatable bonds is 4. The van der Waals surface area contributed by atoms with Gasteiger partial charge in [0.1, 0.15) is 6.29 Å². The fraction of sp³-hybridized carbons (Fsp3) is 0.533. The second-order valence-corrected chi connectivity index (χ2v) is 5.22. The van der Waals surface area contributed by atoms with Crippen LogP contribution in [-0.2, 0) is 4.79 Å². The van der Waals surface area contributed by atoms with E-state index in [2.05, 4.69) is 43.1 Å². The van der Waals surface area contributed by atoms with Crippen LogP contribution in [0.2, 0.25) is 0 Å². The molecule has 1 fully saturated rings. The maximum Gasteiger partial charge on any atom is 0.120 e. The molecule has 2 atom stereocenters. The van der Waals surface area contributed by atoms with Crippen molar-refractivity contribution in [1.82, 2.24) is 4.90 Å². The molecule has 92 valence electrons. The van der Waals surface area contributed by atoms with Gasteiger partial charge in [0, 0.05) is 13.0 Å². The zero-order valence-corrected chi connectivity index (χ0v) is 10.7. The molecule has 2 heteroatoms. The van der Waals surface area contributed by atoms with Crippen molar-refractivity contribution < 1.29 is 4.79 Å². The SMILES string of the molecule is CC(CC=O)c1ccc(C2CCN(C)C2)cc1. The number of carbonyl (C=O) groups is 1. The predicted octanol–water partition coefficient (Wildman–Crippen LogP) is 2.80. The Morgan fingerprint density at radius 1 is 1.41 bits per heavy atom. The molecule has 2 rings (SSSR count). The molecule has 1 aliphatic rings. The molecule has 0 aliphatic carbocycles. The first-order valence-electron chi connectivity index (χ1n) is 6.42. The van der Waals surface area contributed by atoms with E-state index in [9.17, 15) is 4.79 Å². The standard InChI is InChI=1S/C15H21NO/c1-12(8-10-17)13-3-5-14(6-4-13)15-7-9-16(2)11-15/h3-6,10,12,15H,7-9,11H2,1-2H3. The van der Waals surface area contributed by atoms with E-state index in [1.807, 2.05) is 0 Å². The fourth-order valence-electron chi connectivity index (χ4n) is 2.58. The van der Waals surface area contributed by atoms with Gasteiger partial charge < -0.3 is 9.69 Å². The number of hydrogen-bond donors (Lipinski definition) is 0. The Hall–Kier alpha value is -1.15. The smallest absolute Gasteiger partial charge is 0.120 e. The lowest BCUT2D eigenvalue weighted by atomic mass is 9.93. The maximum atomic E-state index is 10.5. The third kappa shape index (κ3) is 2.95. The van der Waals surface area contributed by atoms with Crippen LogP contribution in [-0.4, -0.2) is 31.3 Å². The van der Waals surface area contributed by atoms with E-state index in [0.29, 0.717) is 18.3 Å². The Kier molecular flexibility index (Phi) is 3.95. The number of benzene rings is 1. The average molecular weight is 231 g/mol. The van der Waals surface area contributed by atoms with Crippen LogP contribution in [0.5, 0.6) is 0 Å². The van der Waals surface area contributed by atoms with Crippen LogP contribution in [0.4, 0.5) is 0 Å². The van der Waals surface area contributed by atoms with Crippen molar-refractivity contribution in [3.63, 3.8) is 0 Å². The molecule has 1 saturated heterocycles. The molecular formula is C15H21NO. The number of hydrogen-bond acceptors (Lipinski definition) is 2. The normalized spacial score (nSPS) is 22.6. The molecule has 2 unspecified atom stereocenters. The minimum absolute atomic E-state index is 0.341. The van der Waals surface area contributed by atoms with Gasteiger partial charge in [-0.25, -0.2) is 0 Å². The second-order valence-electron chi connectivity index (χ2n) is 5.22. The highest BCUT2D eigenvalue weighted by atomic mass is 16.1. The highest BCUT2D eigenvalue weighted by Gasteiger charge is 2.20. The summed E-state index contributed by atoms with van der Waals surface area (Å²) in [4.78, 5) is 12.9. The van der Waals surface area contributed by atoms with Crippen molar-refractivity contribution in [3.05, 3.63) is 35.4 Å². The molecule has 1 heterocycles. The second kappa shape index (κ2) is 5.46. The molecule has 0 aromatic heterocycles. The van der Waals surface area contributed by atoms with E-state index in [1.54, 1.807) is 0 Å². The summed E-state index contributed by atoms with van der Waals surface area (Å²) in [6, 6.07) is 8.84. The van der Waals surface area contributed by atoms with Crippen LogP contribution >= 0.6 is 0 Å². The lowest BCUT2D eigenvalue weighted by Crippen LogP contribution is -2.13. The Morgan fingerprint density at radius 2 is 2.12 bits per heavy atom. The van der Waals surface area contributed by atoms with E-state index < -0.39 is 0 Å².